The van der Waals surface area contributed by atoms with Gasteiger partial charge in [-0.25, -0.2) is 4.79 Å². The molecule has 2 unspecified atom stereocenters. The Balaban J connectivity index is 1.38. The molecule has 3 aliphatic heterocycles. The van der Waals surface area contributed by atoms with E-state index in [2.05, 4.69) is 33.0 Å². The van der Waals surface area contributed by atoms with E-state index in [-0.39, 0.29) is 24.1 Å². The number of hydrogen-bond acceptors (Lipinski definition) is 4. The third kappa shape index (κ3) is 3.25. The Morgan fingerprint density at radius 1 is 1.24 bits per heavy atom. The fourth-order valence-electron chi connectivity index (χ4n) is 4.84. The van der Waals surface area contributed by atoms with Crippen LogP contribution in [0.5, 0.6) is 0 Å². The van der Waals surface area contributed by atoms with Crippen LogP contribution in [0.2, 0.25) is 0 Å². The molecule has 29 heavy (non-hydrogen) atoms. The van der Waals surface area contributed by atoms with Crippen molar-refractivity contribution in [2.75, 3.05) is 38.1 Å². The molecule has 1 aliphatic carbocycles. The number of benzene rings is 1. The van der Waals surface area contributed by atoms with Crippen LogP contribution >= 0.6 is 15.9 Å². The summed E-state index contributed by atoms with van der Waals surface area (Å²) in [5, 5.41) is 0. The number of rotatable bonds is 2. The molecule has 5 rings (SSSR count). The summed E-state index contributed by atoms with van der Waals surface area (Å²) in [5.74, 6) is -0.000347. The summed E-state index contributed by atoms with van der Waals surface area (Å²) in [6.07, 6.45) is 6.76. The summed E-state index contributed by atoms with van der Waals surface area (Å²) in [7, 11) is 2.00. The minimum Gasteiger partial charge on any atom is -0.442 e. The second-order valence-electron chi connectivity index (χ2n) is 8.23. The van der Waals surface area contributed by atoms with E-state index in [9.17, 15) is 9.59 Å². The summed E-state index contributed by atoms with van der Waals surface area (Å²) in [6.45, 7) is 2.44. The molecule has 0 bridgehead atoms. The number of likely N-dealkylation sites (N-methyl/N-ethyl adjacent to an activating group) is 1. The van der Waals surface area contributed by atoms with E-state index in [1.54, 1.807) is 0 Å². The highest BCUT2D eigenvalue weighted by Gasteiger charge is 2.46. The lowest BCUT2D eigenvalue weighted by Gasteiger charge is -2.34. The summed E-state index contributed by atoms with van der Waals surface area (Å²) in [6, 6.07) is 5.75. The summed E-state index contributed by atoms with van der Waals surface area (Å²) in [4.78, 5) is 31.6. The Morgan fingerprint density at radius 2 is 2.10 bits per heavy atom. The highest BCUT2D eigenvalue weighted by molar-refractivity contribution is 9.10. The van der Waals surface area contributed by atoms with E-state index < -0.39 is 0 Å². The molecule has 2 atom stereocenters. The van der Waals surface area contributed by atoms with Gasteiger partial charge in [0, 0.05) is 31.2 Å². The van der Waals surface area contributed by atoms with Crippen LogP contribution in [0.25, 0.3) is 0 Å². The molecule has 0 aromatic heterocycles. The first-order valence-electron chi connectivity index (χ1n) is 10.2. The van der Waals surface area contributed by atoms with E-state index in [1.165, 1.54) is 11.1 Å². The second kappa shape index (κ2) is 7.20. The lowest BCUT2D eigenvalue weighted by atomic mass is 9.87. The van der Waals surface area contributed by atoms with Gasteiger partial charge in [0.25, 0.3) is 5.91 Å². The van der Waals surface area contributed by atoms with Crippen LogP contribution < -0.4 is 4.90 Å². The SMILES string of the molecule is CN1CCN(CC2OC(=O)N3CC4=C(C=CCC4)CC23)C(=O)c2ccc(Br)cc21. The summed E-state index contributed by atoms with van der Waals surface area (Å²) < 4.78 is 6.72. The van der Waals surface area contributed by atoms with Crippen molar-refractivity contribution in [1.82, 2.24) is 9.80 Å². The fourth-order valence-corrected chi connectivity index (χ4v) is 5.18. The molecule has 0 spiro atoms. The van der Waals surface area contributed by atoms with E-state index in [0.717, 1.165) is 36.0 Å². The van der Waals surface area contributed by atoms with Crippen LogP contribution in [-0.2, 0) is 4.74 Å². The van der Waals surface area contributed by atoms with Crippen LogP contribution in [-0.4, -0.2) is 67.2 Å². The van der Waals surface area contributed by atoms with Gasteiger partial charge in [0.2, 0.25) is 0 Å². The number of amides is 2. The smallest absolute Gasteiger partial charge is 0.410 e. The van der Waals surface area contributed by atoms with Gasteiger partial charge in [-0.15, -0.1) is 0 Å². The lowest BCUT2D eigenvalue weighted by molar-refractivity contribution is 0.0617. The molecule has 1 fully saturated rings. The van der Waals surface area contributed by atoms with E-state index >= 15 is 0 Å². The van der Waals surface area contributed by atoms with Gasteiger partial charge in [-0.2, -0.15) is 0 Å². The maximum absolute atomic E-state index is 13.3. The monoisotopic (exact) mass is 457 g/mol. The van der Waals surface area contributed by atoms with Gasteiger partial charge in [-0.05, 0) is 48.6 Å². The van der Waals surface area contributed by atoms with Gasteiger partial charge in [-0.3, -0.25) is 9.69 Å². The third-order valence-electron chi connectivity index (χ3n) is 6.49. The fraction of sp³-hybridized carbons (Fsp3) is 0.455. The van der Waals surface area contributed by atoms with Gasteiger partial charge in [0.05, 0.1) is 23.8 Å². The molecule has 0 saturated carbocycles. The molecule has 6 nitrogen and oxygen atoms in total. The Labute approximate surface area is 178 Å². The van der Waals surface area contributed by atoms with Crippen molar-refractivity contribution in [3.05, 3.63) is 51.5 Å². The molecule has 1 aromatic rings. The highest BCUT2D eigenvalue weighted by atomic mass is 79.9. The molecular formula is C22H24BrN3O3. The molecule has 1 aromatic carbocycles. The average Bonchev–Trinajstić information content (AvgIpc) is 2.97. The molecule has 152 valence electrons. The number of anilines is 1. The van der Waals surface area contributed by atoms with Crippen LogP contribution in [0.3, 0.4) is 0 Å². The Bertz CT molecular complexity index is 941. The number of halogens is 1. The van der Waals surface area contributed by atoms with Crippen molar-refractivity contribution in [3.8, 4) is 0 Å². The van der Waals surface area contributed by atoms with Crippen molar-refractivity contribution >= 4 is 33.6 Å². The first kappa shape index (κ1) is 18.7. The predicted octanol–water partition coefficient (Wildman–Crippen LogP) is 3.58. The third-order valence-corrected chi connectivity index (χ3v) is 6.98. The van der Waals surface area contributed by atoms with Crippen molar-refractivity contribution in [1.29, 1.82) is 0 Å². The zero-order chi connectivity index (χ0) is 20.1. The molecule has 2 amide bonds. The van der Waals surface area contributed by atoms with Crippen LogP contribution in [0, 0.1) is 0 Å². The summed E-state index contributed by atoms with van der Waals surface area (Å²) >= 11 is 3.50. The average molecular weight is 458 g/mol. The standard InChI is InChI=1S/C22H24BrN3O3/c1-24-8-9-25(21(27)17-7-6-16(23)11-18(17)24)13-20-19-10-14-4-2-3-5-15(14)12-26(19)22(28)29-20/h2,4,6-7,11,19-20H,3,5,8-10,12-13H2,1H3. The highest BCUT2D eigenvalue weighted by Crippen LogP contribution is 2.36. The van der Waals surface area contributed by atoms with Crippen molar-refractivity contribution in [2.45, 2.75) is 31.4 Å². The van der Waals surface area contributed by atoms with Crippen LogP contribution in [0.4, 0.5) is 10.5 Å². The molecule has 3 heterocycles. The van der Waals surface area contributed by atoms with Gasteiger partial charge < -0.3 is 14.5 Å². The normalized spacial score (nSPS) is 26.2. The Morgan fingerprint density at radius 3 is 2.97 bits per heavy atom. The topological polar surface area (TPSA) is 53.1 Å². The zero-order valence-electron chi connectivity index (χ0n) is 16.4. The largest absolute Gasteiger partial charge is 0.442 e. The van der Waals surface area contributed by atoms with Crippen LogP contribution in [0.15, 0.2) is 46.0 Å². The maximum Gasteiger partial charge on any atom is 0.410 e. The number of allylic oxidation sites excluding steroid dienone is 2. The van der Waals surface area contributed by atoms with E-state index in [0.29, 0.717) is 25.2 Å². The number of cyclic esters (lactones) is 1. The van der Waals surface area contributed by atoms with Crippen molar-refractivity contribution in [3.63, 3.8) is 0 Å². The quantitative estimate of drug-likeness (QED) is 0.680. The minimum atomic E-state index is -0.293. The van der Waals surface area contributed by atoms with Gasteiger partial charge in [-0.1, -0.05) is 28.1 Å². The molecule has 0 radical (unpaired) electrons. The number of nitrogens with zero attached hydrogens (tertiary/aromatic N) is 3. The van der Waals surface area contributed by atoms with Crippen molar-refractivity contribution in [2.24, 2.45) is 0 Å². The van der Waals surface area contributed by atoms with E-state index in [1.807, 2.05) is 35.0 Å². The predicted molar refractivity (Wildman–Crippen MR) is 114 cm³/mol. The van der Waals surface area contributed by atoms with E-state index in [4.69, 9.17) is 4.74 Å². The van der Waals surface area contributed by atoms with Gasteiger partial charge in [0.15, 0.2) is 0 Å². The first-order valence-corrected chi connectivity index (χ1v) is 10.9. The lowest BCUT2D eigenvalue weighted by Crippen LogP contribution is -2.47. The molecule has 7 heteroatoms. The number of fused-ring (bicyclic) bond motifs is 2. The number of carbonyl (C=O) groups excluding carboxylic acids is 2. The summed E-state index contributed by atoms with van der Waals surface area (Å²) in [5.41, 5.74) is 4.32. The maximum atomic E-state index is 13.3. The van der Waals surface area contributed by atoms with Gasteiger partial charge >= 0.3 is 6.09 Å². The minimum absolute atomic E-state index is 0.000347. The Kier molecular flexibility index (Phi) is 4.65. The number of ether oxygens (including phenoxy) is 1. The zero-order valence-corrected chi connectivity index (χ0v) is 18.0. The van der Waals surface area contributed by atoms with Gasteiger partial charge in [0.1, 0.15) is 6.10 Å². The number of carbonyl (C=O) groups is 2. The first-order chi connectivity index (χ1) is 14.0. The number of hydrogen-bond donors (Lipinski definition) is 0. The van der Waals surface area contributed by atoms with Crippen LogP contribution in [0.1, 0.15) is 29.6 Å². The second-order valence-corrected chi connectivity index (χ2v) is 9.14. The molecular weight excluding hydrogens is 434 g/mol. The Hall–Kier alpha value is -2.28. The molecule has 0 N–H and O–H groups in total. The van der Waals surface area contributed by atoms with Crippen molar-refractivity contribution < 1.29 is 14.3 Å². The molecule has 4 aliphatic rings. The molecule has 1 saturated heterocycles.